The van der Waals surface area contributed by atoms with Crippen LogP contribution in [0.25, 0.3) is 6.08 Å². The van der Waals surface area contributed by atoms with E-state index in [4.69, 9.17) is 4.43 Å². The summed E-state index contributed by atoms with van der Waals surface area (Å²) in [6.07, 6.45) is 2.46. The minimum atomic E-state index is -1.97. The Hall–Kier alpha value is -1.09. The molecule has 0 radical (unpaired) electrons. The van der Waals surface area contributed by atoms with E-state index >= 15 is 0 Å². The highest BCUT2D eigenvalue weighted by atomic mass is 28.4. The number of hydrogen-bond donors (Lipinski definition) is 0. The Labute approximate surface area is 129 Å². The van der Waals surface area contributed by atoms with E-state index in [2.05, 4.69) is 41.5 Å². The summed E-state index contributed by atoms with van der Waals surface area (Å²) in [6.45, 7) is 13.6. The van der Waals surface area contributed by atoms with Gasteiger partial charge in [-0.2, -0.15) is 0 Å². The molecule has 0 aliphatic heterocycles. The number of halogens is 1. The van der Waals surface area contributed by atoms with Gasteiger partial charge in [-0.1, -0.05) is 53.7 Å². The number of fused-ring (bicyclic) bond motifs is 1. The molecule has 21 heavy (non-hydrogen) atoms. The third kappa shape index (κ3) is 2.80. The second kappa shape index (κ2) is 5.96. The molecule has 0 fully saturated rings. The predicted octanol–water partition coefficient (Wildman–Crippen LogP) is 6.28. The van der Waals surface area contributed by atoms with Crippen molar-refractivity contribution in [2.45, 2.75) is 64.3 Å². The van der Waals surface area contributed by atoms with Gasteiger partial charge in [0, 0.05) is 5.56 Å². The number of alkyl halides is 1. The van der Waals surface area contributed by atoms with Gasteiger partial charge in [0.1, 0.15) is 11.9 Å². The molecule has 0 spiro atoms. The average Bonchev–Trinajstić information content (AvgIpc) is 2.76. The zero-order chi connectivity index (χ0) is 15.8. The molecule has 1 aliphatic rings. The lowest BCUT2D eigenvalue weighted by Crippen LogP contribution is -2.50. The Balaban J connectivity index is 2.36. The van der Waals surface area contributed by atoms with E-state index in [0.717, 1.165) is 16.9 Å². The molecule has 0 N–H and O–H groups in total. The minimum absolute atomic E-state index is 0.519. The monoisotopic (exact) mass is 306 g/mol. The van der Waals surface area contributed by atoms with Crippen LogP contribution >= 0.6 is 0 Å². The van der Waals surface area contributed by atoms with Crippen LogP contribution < -0.4 is 4.43 Å². The van der Waals surface area contributed by atoms with E-state index in [-0.39, 0.29) is 0 Å². The van der Waals surface area contributed by atoms with Crippen molar-refractivity contribution in [2.24, 2.45) is 0 Å². The Morgan fingerprint density at radius 3 is 2.10 bits per heavy atom. The van der Waals surface area contributed by atoms with Gasteiger partial charge >= 0.3 is 0 Å². The van der Waals surface area contributed by atoms with Crippen LogP contribution in [-0.2, 0) is 0 Å². The van der Waals surface area contributed by atoms with Gasteiger partial charge < -0.3 is 4.43 Å². The van der Waals surface area contributed by atoms with Crippen molar-refractivity contribution < 1.29 is 8.82 Å². The first-order chi connectivity index (χ1) is 9.79. The van der Waals surface area contributed by atoms with Gasteiger partial charge in [0.2, 0.25) is 0 Å². The minimum Gasteiger partial charge on any atom is -0.543 e. The molecule has 1 unspecified atom stereocenters. The molecule has 116 valence electrons. The Bertz CT molecular complexity index is 512. The number of allylic oxidation sites excluding steroid dienone is 1. The molecular weight excluding hydrogens is 279 g/mol. The third-order valence-corrected chi connectivity index (χ3v) is 10.8. The van der Waals surface area contributed by atoms with Crippen LogP contribution in [0, 0.1) is 0 Å². The molecule has 0 bridgehead atoms. The zero-order valence-corrected chi connectivity index (χ0v) is 15.0. The highest BCUT2D eigenvalue weighted by Gasteiger charge is 2.47. The SMILES string of the molecule is CC(C)[Si](Oc1ccc2c(c1)C(F)C=C2)(C(C)C)C(C)C. The van der Waals surface area contributed by atoms with E-state index in [9.17, 15) is 4.39 Å². The van der Waals surface area contributed by atoms with Crippen molar-refractivity contribution in [1.82, 2.24) is 0 Å². The van der Waals surface area contributed by atoms with Crippen molar-refractivity contribution in [2.75, 3.05) is 0 Å². The first-order valence-electron chi connectivity index (χ1n) is 7.94. The van der Waals surface area contributed by atoms with Gasteiger partial charge in [0.25, 0.3) is 8.32 Å². The molecule has 1 nitrogen and oxygen atoms in total. The molecule has 2 rings (SSSR count). The van der Waals surface area contributed by atoms with E-state index < -0.39 is 14.5 Å². The molecular formula is C18H27FOSi. The molecule has 0 aromatic heterocycles. The van der Waals surface area contributed by atoms with Crippen LogP contribution in [0.2, 0.25) is 16.6 Å². The van der Waals surface area contributed by atoms with Crippen LogP contribution in [0.5, 0.6) is 5.75 Å². The summed E-state index contributed by atoms with van der Waals surface area (Å²) in [6, 6.07) is 5.87. The van der Waals surface area contributed by atoms with Gasteiger partial charge in [0.15, 0.2) is 0 Å². The van der Waals surface area contributed by atoms with Gasteiger partial charge in [-0.15, -0.1) is 0 Å². The zero-order valence-electron chi connectivity index (χ0n) is 14.0. The number of rotatable bonds is 5. The first-order valence-corrected chi connectivity index (χ1v) is 10.1. The standard InChI is InChI=1S/C18H27FOSi/c1-12(2)21(13(3)4,14(5)6)20-16-9-7-15-8-10-18(19)17(15)11-16/h7-14,18H,1-6H3. The van der Waals surface area contributed by atoms with Crippen molar-refractivity contribution in [3.8, 4) is 5.75 Å². The summed E-state index contributed by atoms with van der Waals surface area (Å²) in [5, 5.41) is 0. The molecule has 0 amide bonds. The Kier molecular flexibility index (Phi) is 4.62. The molecule has 3 heteroatoms. The van der Waals surface area contributed by atoms with Gasteiger partial charge in [-0.3, -0.25) is 0 Å². The summed E-state index contributed by atoms with van der Waals surface area (Å²) in [7, 11) is -1.97. The normalized spacial score (nSPS) is 17.9. The average molecular weight is 306 g/mol. The van der Waals surface area contributed by atoms with Crippen molar-refractivity contribution in [3.05, 3.63) is 35.4 Å². The molecule has 0 saturated heterocycles. The quantitative estimate of drug-likeness (QED) is 0.582. The van der Waals surface area contributed by atoms with Crippen LogP contribution in [0.1, 0.15) is 58.8 Å². The van der Waals surface area contributed by atoms with E-state index in [1.807, 2.05) is 24.3 Å². The molecule has 1 aromatic carbocycles. The van der Waals surface area contributed by atoms with Crippen molar-refractivity contribution in [3.63, 3.8) is 0 Å². The van der Waals surface area contributed by atoms with Crippen molar-refractivity contribution in [1.29, 1.82) is 0 Å². The Morgan fingerprint density at radius 2 is 1.57 bits per heavy atom. The maximum atomic E-state index is 13.9. The lowest BCUT2D eigenvalue weighted by molar-refractivity contribution is 0.417. The fourth-order valence-electron chi connectivity index (χ4n) is 3.86. The van der Waals surface area contributed by atoms with Gasteiger partial charge in [-0.05, 0) is 40.4 Å². The van der Waals surface area contributed by atoms with Crippen molar-refractivity contribution >= 4 is 14.4 Å². The van der Waals surface area contributed by atoms with Crippen LogP contribution in [0.4, 0.5) is 4.39 Å². The molecule has 0 saturated carbocycles. The lowest BCUT2D eigenvalue weighted by Gasteiger charge is -2.42. The fraction of sp³-hybridized carbons (Fsp3) is 0.556. The highest BCUT2D eigenvalue weighted by molar-refractivity contribution is 6.78. The second-order valence-electron chi connectivity index (χ2n) is 6.97. The van der Waals surface area contributed by atoms with E-state index in [1.54, 1.807) is 6.08 Å². The van der Waals surface area contributed by atoms with Crippen LogP contribution in [0.3, 0.4) is 0 Å². The van der Waals surface area contributed by atoms with Crippen LogP contribution in [-0.4, -0.2) is 8.32 Å². The molecule has 1 aromatic rings. The van der Waals surface area contributed by atoms with Gasteiger partial charge in [-0.25, -0.2) is 4.39 Å². The smallest absolute Gasteiger partial charge is 0.258 e. The summed E-state index contributed by atoms with van der Waals surface area (Å²) in [4.78, 5) is 0. The van der Waals surface area contributed by atoms with Crippen LogP contribution in [0.15, 0.2) is 24.3 Å². The summed E-state index contributed by atoms with van der Waals surface area (Å²) in [5.41, 5.74) is 3.27. The van der Waals surface area contributed by atoms with Gasteiger partial charge in [0.05, 0.1) is 0 Å². The third-order valence-electron chi connectivity index (χ3n) is 4.80. The first kappa shape index (κ1) is 16.3. The summed E-state index contributed by atoms with van der Waals surface area (Å²) < 4.78 is 20.5. The molecule has 1 atom stereocenters. The summed E-state index contributed by atoms with van der Waals surface area (Å²) in [5.74, 6) is 0.836. The number of hydrogen-bond acceptors (Lipinski definition) is 1. The maximum absolute atomic E-state index is 13.9. The van der Waals surface area contributed by atoms with E-state index in [1.165, 1.54) is 0 Å². The number of benzene rings is 1. The molecule has 0 heterocycles. The fourth-order valence-corrected chi connectivity index (χ4v) is 9.10. The Morgan fingerprint density at radius 1 is 1.00 bits per heavy atom. The largest absolute Gasteiger partial charge is 0.543 e. The maximum Gasteiger partial charge on any atom is 0.258 e. The molecule has 1 aliphatic carbocycles. The lowest BCUT2D eigenvalue weighted by atomic mass is 10.1. The topological polar surface area (TPSA) is 9.23 Å². The summed E-state index contributed by atoms with van der Waals surface area (Å²) >= 11 is 0. The predicted molar refractivity (Wildman–Crippen MR) is 91.0 cm³/mol. The second-order valence-corrected chi connectivity index (χ2v) is 12.3. The van der Waals surface area contributed by atoms with E-state index in [0.29, 0.717) is 16.6 Å². The highest BCUT2D eigenvalue weighted by Crippen LogP contribution is 2.43.